The summed E-state index contributed by atoms with van der Waals surface area (Å²) in [5.74, 6) is 1.32. The van der Waals surface area contributed by atoms with Crippen molar-refractivity contribution in [3.63, 3.8) is 0 Å². The minimum Gasteiger partial charge on any atom is -0.391 e. The SMILES string of the molecule is CN=C(NCC(O)C1CCCCC1)NC1CCN(C2CCCCC2)CC1. The van der Waals surface area contributed by atoms with E-state index in [9.17, 15) is 5.11 Å². The van der Waals surface area contributed by atoms with Gasteiger partial charge in [0.1, 0.15) is 0 Å². The molecule has 1 heterocycles. The number of nitrogens with zero attached hydrogens (tertiary/aromatic N) is 2. The standard InChI is InChI=1S/C21H40N4O/c1-22-21(23-16-20(26)17-8-4-2-5-9-17)24-18-12-14-25(15-13-18)19-10-6-3-7-11-19/h17-20,26H,2-16H2,1H3,(H2,22,23,24). The van der Waals surface area contributed by atoms with E-state index in [1.807, 2.05) is 7.05 Å². The molecule has 1 unspecified atom stereocenters. The number of aliphatic hydroxyl groups is 1. The normalized spacial score (nSPS) is 26.6. The van der Waals surface area contributed by atoms with Gasteiger partial charge < -0.3 is 20.6 Å². The average molecular weight is 365 g/mol. The topological polar surface area (TPSA) is 59.9 Å². The second kappa shape index (κ2) is 10.5. The van der Waals surface area contributed by atoms with Crippen LogP contribution in [0.4, 0.5) is 0 Å². The summed E-state index contributed by atoms with van der Waals surface area (Å²) >= 11 is 0. The van der Waals surface area contributed by atoms with E-state index in [1.54, 1.807) is 0 Å². The number of hydrogen-bond acceptors (Lipinski definition) is 3. The molecule has 26 heavy (non-hydrogen) atoms. The Labute approximate surface area is 160 Å². The van der Waals surface area contributed by atoms with Crippen molar-refractivity contribution in [2.24, 2.45) is 10.9 Å². The Balaban J connectivity index is 1.36. The summed E-state index contributed by atoms with van der Waals surface area (Å²) in [5.41, 5.74) is 0. The van der Waals surface area contributed by atoms with Crippen molar-refractivity contribution in [1.82, 2.24) is 15.5 Å². The molecule has 3 rings (SSSR count). The molecule has 3 aliphatic rings. The fourth-order valence-corrected chi connectivity index (χ4v) is 5.13. The lowest BCUT2D eigenvalue weighted by Crippen LogP contribution is -2.52. The van der Waals surface area contributed by atoms with Gasteiger partial charge in [0.05, 0.1) is 6.10 Å². The first-order chi connectivity index (χ1) is 12.8. The highest BCUT2D eigenvalue weighted by Gasteiger charge is 2.27. The molecule has 2 aliphatic carbocycles. The lowest BCUT2D eigenvalue weighted by molar-refractivity contribution is 0.0877. The van der Waals surface area contributed by atoms with Gasteiger partial charge in [-0.05, 0) is 44.4 Å². The summed E-state index contributed by atoms with van der Waals surface area (Å²) in [6.45, 7) is 3.04. The molecule has 0 radical (unpaired) electrons. The van der Waals surface area contributed by atoms with Crippen LogP contribution in [0.1, 0.15) is 77.0 Å². The van der Waals surface area contributed by atoms with Crippen molar-refractivity contribution < 1.29 is 5.11 Å². The number of nitrogens with one attached hydrogen (secondary N) is 2. The van der Waals surface area contributed by atoms with Crippen molar-refractivity contribution in [3.05, 3.63) is 0 Å². The van der Waals surface area contributed by atoms with Crippen LogP contribution in [0.2, 0.25) is 0 Å². The van der Waals surface area contributed by atoms with Gasteiger partial charge in [0, 0.05) is 38.8 Å². The number of likely N-dealkylation sites (tertiary alicyclic amines) is 1. The number of rotatable bonds is 5. The van der Waals surface area contributed by atoms with Crippen LogP contribution in [0.15, 0.2) is 4.99 Å². The summed E-state index contributed by atoms with van der Waals surface area (Å²) in [5, 5.41) is 17.4. The van der Waals surface area contributed by atoms with Crippen LogP contribution in [-0.2, 0) is 0 Å². The highest BCUT2D eigenvalue weighted by molar-refractivity contribution is 5.80. The molecule has 3 fully saturated rings. The molecule has 5 heteroatoms. The molecule has 150 valence electrons. The predicted molar refractivity (Wildman–Crippen MR) is 109 cm³/mol. The first-order valence-corrected chi connectivity index (χ1v) is 11.2. The first-order valence-electron chi connectivity index (χ1n) is 11.2. The number of guanidine groups is 1. The smallest absolute Gasteiger partial charge is 0.191 e. The average Bonchev–Trinajstić information content (AvgIpc) is 2.72. The fraction of sp³-hybridized carbons (Fsp3) is 0.952. The molecule has 1 atom stereocenters. The fourth-order valence-electron chi connectivity index (χ4n) is 5.13. The van der Waals surface area contributed by atoms with Crippen LogP contribution in [0.3, 0.4) is 0 Å². The van der Waals surface area contributed by atoms with Crippen molar-refractivity contribution in [2.75, 3.05) is 26.7 Å². The van der Waals surface area contributed by atoms with Gasteiger partial charge >= 0.3 is 0 Å². The van der Waals surface area contributed by atoms with E-state index < -0.39 is 0 Å². The molecule has 2 saturated carbocycles. The minimum atomic E-state index is -0.248. The molecule has 5 nitrogen and oxygen atoms in total. The summed E-state index contributed by atoms with van der Waals surface area (Å²) in [6, 6.07) is 1.35. The molecule has 0 aromatic carbocycles. The van der Waals surface area contributed by atoms with Gasteiger partial charge in [-0.25, -0.2) is 0 Å². The zero-order chi connectivity index (χ0) is 18.2. The van der Waals surface area contributed by atoms with E-state index in [1.165, 1.54) is 90.1 Å². The Morgan fingerprint density at radius 3 is 2.19 bits per heavy atom. The molecule has 0 amide bonds. The quantitative estimate of drug-likeness (QED) is 0.519. The lowest BCUT2D eigenvalue weighted by atomic mass is 9.85. The van der Waals surface area contributed by atoms with Gasteiger partial charge in [0.15, 0.2) is 5.96 Å². The number of piperidine rings is 1. The maximum Gasteiger partial charge on any atom is 0.191 e. The van der Waals surface area contributed by atoms with Crippen LogP contribution >= 0.6 is 0 Å². The number of hydrogen-bond donors (Lipinski definition) is 3. The Kier molecular flexibility index (Phi) is 8.06. The highest BCUT2D eigenvalue weighted by Crippen LogP contribution is 2.26. The molecule has 3 N–H and O–H groups in total. The second-order valence-corrected chi connectivity index (χ2v) is 8.66. The van der Waals surface area contributed by atoms with Gasteiger partial charge in [-0.2, -0.15) is 0 Å². The Bertz CT molecular complexity index is 422. The monoisotopic (exact) mass is 364 g/mol. The summed E-state index contributed by atoms with van der Waals surface area (Å²) in [6.07, 6.45) is 15.5. The summed E-state index contributed by atoms with van der Waals surface area (Å²) < 4.78 is 0. The van der Waals surface area contributed by atoms with E-state index in [-0.39, 0.29) is 6.10 Å². The summed E-state index contributed by atoms with van der Waals surface area (Å²) in [7, 11) is 1.83. The maximum absolute atomic E-state index is 10.5. The largest absolute Gasteiger partial charge is 0.391 e. The van der Waals surface area contributed by atoms with Gasteiger partial charge in [0.25, 0.3) is 0 Å². The summed E-state index contributed by atoms with van der Waals surface area (Å²) in [4.78, 5) is 7.10. The third-order valence-corrected chi connectivity index (χ3v) is 6.86. The van der Waals surface area contributed by atoms with Crippen LogP contribution in [0.25, 0.3) is 0 Å². The van der Waals surface area contributed by atoms with Crippen LogP contribution in [-0.4, -0.2) is 60.8 Å². The predicted octanol–water partition coefficient (Wildman–Crippen LogP) is 2.89. The van der Waals surface area contributed by atoms with E-state index in [0.29, 0.717) is 18.5 Å². The van der Waals surface area contributed by atoms with E-state index in [2.05, 4.69) is 20.5 Å². The molecule has 0 aromatic rings. The van der Waals surface area contributed by atoms with Gasteiger partial charge in [-0.15, -0.1) is 0 Å². The van der Waals surface area contributed by atoms with Crippen LogP contribution < -0.4 is 10.6 Å². The third-order valence-electron chi connectivity index (χ3n) is 6.86. The number of aliphatic hydroxyl groups excluding tert-OH is 1. The molecule has 0 aromatic heterocycles. The molecular weight excluding hydrogens is 324 g/mol. The van der Waals surface area contributed by atoms with Crippen molar-refractivity contribution in [1.29, 1.82) is 0 Å². The van der Waals surface area contributed by atoms with Gasteiger partial charge in [-0.1, -0.05) is 38.5 Å². The zero-order valence-corrected chi connectivity index (χ0v) is 16.8. The van der Waals surface area contributed by atoms with Gasteiger partial charge in [0.2, 0.25) is 0 Å². The van der Waals surface area contributed by atoms with Crippen LogP contribution in [0.5, 0.6) is 0 Å². The second-order valence-electron chi connectivity index (χ2n) is 8.66. The first kappa shape index (κ1) is 19.9. The van der Waals surface area contributed by atoms with Crippen molar-refractivity contribution in [3.8, 4) is 0 Å². The Morgan fingerprint density at radius 1 is 0.962 bits per heavy atom. The van der Waals surface area contributed by atoms with E-state index in [4.69, 9.17) is 0 Å². The van der Waals surface area contributed by atoms with Gasteiger partial charge in [-0.3, -0.25) is 4.99 Å². The third kappa shape index (κ3) is 5.85. The molecule has 0 bridgehead atoms. The molecular formula is C21H40N4O. The molecule has 0 spiro atoms. The van der Waals surface area contributed by atoms with E-state index >= 15 is 0 Å². The zero-order valence-electron chi connectivity index (χ0n) is 16.8. The highest BCUT2D eigenvalue weighted by atomic mass is 16.3. The number of aliphatic imine (C=N–C) groups is 1. The molecule has 1 saturated heterocycles. The van der Waals surface area contributed by atoms with Crippen molar-refractivity contribution >= 4 is 5.96 Å². The lowest BCUT2D eigenvalue weighted by Gasteiger charge is -2.39. The maximum atomic E-state index is 10.5. The van der Waals surface area contributed by atoms with Crippen LogP contribution in [0, 0.1) is 5.92 Å². The van der Waals surface area contributed by atoms with E-state index in [0.717, 1.165) is 12.0 Å². The van der Waals surface area contributed by atoms with Crippen molar-refractivity contribution in [2.45, 2.75) is 95.2 Å². The Hall–Kier alpha value is -0.810. The molecule has 1 aliphatic heterocycles. The minimum absolute atomic E-state index is 0.248. The Morgan fingerprint density at radius 2 is 1.58 bits per heavy atom.